The van der Waals surface area contributed by atoms with Gasteiger partial charge in [0, 0.05) is 10.3 Å². The number of nitrogen functional groups attached to an aromatic ring is 1. The minimum atomic E-state index is -0.370. The predicted molar refractivity (Wildman–Crippen MR) is 71.3 cm³/mol. The average molecular weight is 239 g/mol. The van der Waals surface area contributed by atoms with E-state index >= 15 is 0 Å². The Kier molecular flexibility index (Phi) is 3.48. The molecule has 90 valence electrons. The zero-order valence-corrected chi connectivity index (χ0v) is 11.8. The zero-order chi connectivity index (χ0) is 12.7. The molecular formula is C13H21NOS. The smallest absolute Gasteiger partial charge is 0.171 e. The molecule has 0 aliphatic rings. The minimum absolute atomic E-state index is 0.151. The molecule has 0 saturated carbocycles. The lowest BCUT2D eigenvalue weighted by atomic mass is 9.83. The molecule has 16 heavy (non-hydrogen) atoms. The van der Waals surface area contributed by atoms with Crippen molar-refractivity contribution in [3.8, 4) is 0 Å². The van der Waals surface area contributed by atoms with Crippen molar-refractivity contribution in [1.82, 2.24) is 0 Å². The number of carbonyl (C=O) groups is 1. The van der Waals surface area contributed by atoms with E-state index in [2.05, 4.69) is 13.8 Å². The third kappa shape index (κ3) is 2.29. The van der Waals surface area contributed by atoms with Gasteiger partial charge in [0.25, 0.3) is 0 Å². The summed E-state index contributed by atoms with van der Waals surface area (Å²) in [5.74, 6) is 0.493. The highest BCUT2D eigenvalue weighted by Gasteiger charge is 2.30. The molecule has 0 amide bonds. The highest BCUT2D eigenvalue weighted by Crippen LogP contribution is 2.38. The number of hydrogen-bond donors (Lipinski definition) is 1. The Morgan fingerprint density at radius 3 is 2.19 bits per heavy atom. The first-order chi connectivity index (χ1) is 7.16. The Morgan fingerprint density at radius 2 is 1.81 bits per heavy atom. The van der Waals surface area contributed by atoms with Crippen LogP contribution in [0.4, 0.5) is 5.00 Å². The molecule has 0 aliphatic carbocycles. The second-order valence-electron chi connectivity index (χ2n) is 5.54. The fourth-order valence-electron chi connectivity index (χ4n) is 1.88. The number of nitrogens with two attached hydrogens (primary N) is 1. The fraction of sp³-hybridized carbons (Fsp3) is 0.615. The first kappa shape index (κ1) is 13.2. The third-order valence-electron chi connectivity index (χ3n) is 2.64. The van der Waals surface area contributed by atoms with Gasteiger partial charge in [-0.1, -0.05) is 34.6 Å². The van der Waals surface area contributed by atoms with Crippen LogP contribution in [0, 0.1) is 12.3 Å². The Balaban J connectivity index is 3.39. The van der Waals surface area contributed by atoms with E-state index in [0.29, 0.717) is 10.9 Å². The SMILES string of the molecule is Cc1sc(N)c(C(=O)C(C)(C)C)c1C(C)C. The lowest BCUT2D eigenvalue weighted by molar-refractivity contribution is 0.0858. The number of rotatable bonds is 2. The molecule has 0 unspecified atom stereocenters. The lowest BCUT2D eigenvalue weighted by Gasteiger charge is -2.19. The number of anilines is 1. The van der Waals surface area contributed by atoms with Crippen LogP contribution >= 0.6 is 11.3 Å². The van der Waals surface area contributed by atoms with Crippen molar-refractivity contribution in [3.63, 3.8) is 0 Å². The predicted octanol–water partition coefficient (Wildman–Crippen LogP) is 3.99. The van der Waals surface area contributed by atoms with E-state index < -0.39 is 0 Å². The van der Waals surface area contributed by atoms with Crippen LogP contribution in [0.3, 0.4) is 0 Å². The Hall–Kier alpha value is -0.830. The van der Waals surface area contributed by atoms with Gasteiger partial charge in [-0.25, -0.2) is 0 Å². The molecule has 3 heteroatoms. The van der Waals surface area contributed by atoms with E-state index in [-0.39, 0.29) is 11.2 Å². The summed E-state index contributed by atoms with van der Waals surface area (Å²) in [5.41, 5.74) is 7.49. The number of aryl methyl sites for hydroxylation is 1. The van der Waals surface area contributed by atoms with Crippen molar-refractivity contribution in [2.24, 2.45) is 5.41 Å². The van der Waals surface area contributed by atoms with E-state index in [1.54, 1.807) is 0 Å². The number of ketones is 1. The summed E-state index contributed by atoms with van der Waals surface area (Å²) in [5, 5.41) is 0.668. The lowest BCUT2D eigenvalue weighted by Crippen LogP contribution is -2.22. The van der Waals surface area contributed by atoms with Crippen LogP contribution in [0.15, 0.2) is 0 Å². The van der Waals surface area contributed by atoms with Crippen LogP contribution < -0.4 is 5.73 Å². The standard InChI is InChI=1S/C13H21NOS/c1-7(2)9-8(3)16-12(14)10(9)11(15)13(4,5)6/h7H,14H2,1-6H3. The summed E-state index contributed by atoms with van der Waals surface area (Å²) in [4.78, 5) is 13.5. The van der Waals surface area contributed by atoms with Gasteiger partial charge in [0.2, 0.25) is 0 Å². The normalized spacial score (nSPS) is 12.2. The molecule has 1 aromatic heterocycles. The quantitative estimate of drug-likeness (QED) is 0.793. The van der Waals surface area contributed by atoms with Gasteiger partial charge in [-0.2, -0.15) is 0 Å². The Bertz CT molecular complexity index is 410. The van der Waals surface area contributed by atoms with Gasteiger partial charge in [0.05, 0.1) is 10.6 Å². The average Bonchev–Trinajstić information content (AvgIpc) is 2.37. The second kappa shape index (κ2) is 4.21. The van der Waals surface area contributed by atoms with Gasteiger partial charge in [0.15, 0.2) is 5.78 Å². The molecule has 2 N–H and O–H groups in total. The van der Waals surface area contributed by atoms with E-state index in [1.807, 2.05) is 27.7 Å². The van der Waals surface area contributed by atoms with Gasteiger partial charge >= 0.3 is 0 Å². The Labute approximate surface area is 102 Å². The molecule has 2 nitrogen and oxygen atoms in total. The third-order valence-corrected chi connectivity index (χ3v) is 3.59. The minimum Gasteiger partial charge on any atom is -0.390 e. The van der Waals surface area contributed by atoms with Crippen LogP contribution in [0.2, 0.25) is 0 Å². The van der Waals surface area contributed by atoms with Crippen molar-refractivity contribution in [2.45, 2.75) is 47.5 Å². The molecule has 1 aromatic rings. The molecule has 0 atom stereocenters. The van der Waals surface area contributed by atoms with Gasteiger partial charge in [-0.15, -0.1) is 11.3 Å². The van der Waals surface area contributed by atoms with Crippen LogP contribution in [-0.2, 0) is 0 Å². The van der Waals surface area contributed by atoms with E-state index in [1.165, 1.54) is 16.2 Å². The highest BCUT2D eigenvalue weighted by molar-refractivity contribution is 7.16. The van der Waals surface area contributed by atoms with Gasteiger partial charge in [0.1, 0.15) is 0 Å². The molecule has 0 fully saturated rings. The first-order valence-corrected chi connectivity index (χ1v) is 6.41. The molecule has 0 bridgehead atoms. The van der Waals surface area contributed by atoms with Gasteiger partial charge in [-0.05, 0) is 18.4 Å². The molecule has 0 aromatic carbocycles. The van der Waals surface area contributed by atoms with Crippen LogP contribution in [0.25, 0.3) is 0 Å². The van der Waals surface area contributed by atoms with E-state index in [0.717, 1.165) is 11.1 Å². The maximum Gasteiger partial charge on any atom is 0.171 e. The number of Topliss-reactive ketones (excluding diaryl/α,β-unsaturated/α-hetero) is 1. The van der Waals surface area contributed by atoms with Gasteiger partial charge in [-0.3, -0.25) is 4.79 Å². The van der Waals surface area contributed by atoms with Crippen LogP contribution in [-0.4, -0.2) is 5.78 Å². The second-order valence-corrected chi connectivity index (χ2v) is 6.80. The van der Waals surface area contributed by atoms with Crippen molar-refractivity contribution in [1.29, 1.82) is 0 Å². The molecule has 1 rings (SSSR count). The fourth-order valence-corrected chi connectivity index (χ4v) is 2.97. The zero-order valence-electron chi connectivity index (χ0n) is 11.0. The van der Waals surface area contributed by atoms with Gasteiger partial charge < -0.3 is 5.73 Å². The first-order valence-electron chi connectivity index (χ1n) is 5.59. The maximum atomic E-state index is 12.4. The highest BCUT2D eigenvalue weighted by atomic mass is 32.1. The summed E-state index contributed by atoms with van der Waals surface area (Å²) in [6.07, 6.45) is 0. The van der Waals surface area contributed by atoms with Crippen molar-refractivity contribution in [3.05, 3.63) is 16.0 Å². The van der Waals surface area contributed by atoms with Crippen molar-refractivity contribution in [2.75, 3.05) is 5.73 Å². The molecule has 0 spiro atoms. The molecular weight excluding hydrogens is 218 g/mol. The topological polar surface area (TPSA) is 43.1 Å². The summed E-state index contributed by atoms with van der Waals surface area (Å²) in [6, 6.07) is 0. The van der Waals surface area contributed by atoms with Crippen LogP contribution in [0.1, 0.15) is 61.3 Å². The molecule has 0 saturated heterocycles. The number of carbonyl (C=O) groups excluding carboxylic acids is 1. The molecule has 0 aliphatic heterocycles. The molecule has 1 heterocycles. The maximum absolute atomic E-state index is 12.4. The summed E-state index contributed by atoms with van der Waals surface area (Å²) in [6.45, 7) is 12.1. The van der Waals surface area contributed by atoms with Crippen LogP contribution in [0.5, 0.6) is 0 Å². The number of hydrogen-bond acceptors (Lipinski definition) is 3. The monoisotopic (exact) mass is 239 g/mol. The molecule has 0 radical (unpaired) electrons. The summed E-state index contributed by atoms with van der Waals surface area (Å²) < 4.78 is 0. The number of thiophene rings is 1. The van der Waals surface area contributed by atoms with E-state index in [4.69, 9.17) is 5.73 Å². The van der Waals surface area contributed by atoms with E-state index in [9.17, 15) is 4.79 Å². The summed E-state index contributed by atoms with van der Waals surface area (Å²) >= 11 is 1.53. The Morgan fingerprint density at radius 1 is 1.31 bits per heavy atom. The summed E-state index contributed by atoms with van der Waals surface area (Å²) in [7, 11) is 0. The van der Waals surface area contributed by atoms with Crippen molar-refractivity contribution >= 4 is 22.1 Å². The van der Waals surface area contributed by atoms with Crippen molar-refractivity contribution < 1.29 is 4.79 Å². The largest absolute Gasteiger partial charge is 0.390 e.